The highest BCUT2D eigenvalue weighted by Gasteiger charge is 2.38. The first-order valence-electron chi connectivity index (χ1n) is 11.1. The molecule has 5 rings (SSSR count). The van der Waals surface area contributed by atoms with Gasteiger partial charge in [-0.25, -0.2) is 0 Å². The molecule has 35 heavy (non-hydrogen) atoms. The molecule has 1 aliphatic rings. The average molecular weight is 507 g/mol. The van der Waals surface area contributed by atoms with Crippen molar-refractivity contribution >= 4 is 44.8 Å². The second-order valence-corrected chi connectivity index (χ2v) is 10.4. The van der Waals surface area contributed by atoms with E-state index in [1.54, 1.807) is 12.4 Å². The fourth-order valence-electron chi connectivity index (χ4n) is 3.69. The maximum absolute atomic E-state index is 12.2. The highest BCUT2D eigenvalue weighted by Crippen LogP contribution is 2.44. The van der Waals surface area contributed by atoms with E-state index in [0.717, 1.165) is 29.3 Å². The zero-order chi connectivity index (χ0) is 24.0. The van der Waals surface area contributed by atoms with Crippen molar-refractivity contribution in [2.24, 2.45) is 11.8 Å². The van der Waals surface area contributed by atoms with E-state index in [9.17, 15) is 9.59 Å². The summed E-state index contributed by atoms with van der Waals surface area (Å²) < 4.78 is 0. The second-order valence-electron chi connectivity index (χ2n) is 8.26. The fourth-order valence-corrected chi connectivity index (χ4v) is 5.39. The number of rotatable bonds is 10. The molecule has 2 atom stereocenters. The minimum Gasteiger partial charge on any atom is -0.300 e. The van der Waals surface area contributed by atoms with Crippen LogP contribution in [0.25, 0.3) is 0 Å². The molecule has 1 saturated carbocycles. The van der Waals surface area contributed by atoms with E-state index in [1.807, 2.05) is 36.4 Å². The Bertz CT molecular complexity index is 1200. The monoisotopic (exact) mass is 506 g/mol. The third-order valence-corrected chi connectivity index (χ3v) is 7.23. The van der Waals surface area contributed by atoms with E-state index >= 15 is 0 Å². The van der Waals surface area contributed by atoms with Gasteiger partial charge in [0.25, 0.3) is 0 Å². The lowest BCUT2D eigenvalue weighted by molar-refractivity contribution is -0.116. The van der Waals surface area contributed by atoms with Crippen molar-refractivity contribution in [1.82, 2.24) is 30.4 Å². The van der Waals surface area contributed by atoms with Gasteiger partial charge < -0.3 is 10.6 Å². The SMILES string of the molecule is O=C(Cc1ccccn1)Nc1nnc(CC2CC2Cc2nnc(NC(=O)Cc3ccccn3)s2)s1. The van der Waals surface area contributed by atoms with Crippen LogP contribution in [-0.4, -0.2) is 42.2 Å². The quantitative estimate of drug-likeness (QED) is 0.335. The summed E-state index contributed by atoms with van der Waals surface area (Å²) in [6.45, 7) is 0. The van der Waals surface area contributed by atoms with Gasteiger partial charge in [0.2, 0.25) is 22.1 Å². The van der Waals surface area contributed by atoms with E-state index in [4.69, 9.17) is 0 Å². The molecule has 10 nitrogen and oxygen atoms in total. The van der Waals surface area contributed by atoms with Gasteiger partial charge in [0.05, 0.1) is 12.8 Å². The van der Waals surface area contributed by atoms with Gasteiger partial charge in [0.1, 0.15) is 10.0 Å². The summed E-state index contributed by atoms with van der Waals surface area (Å²) in [7, 11) is 0. The van der Waals surface area contributed by atoms with E-state index in [0.29, 0.717) is 33.5 Å². The smallest absolute Gasteiger partial charge is 0.232 e. The Morgan fingerprint density at radius 3 is 1.66 bits per heavy atom. The summed E-state index contributed by atoms with van der Waals surface area (Å²) in [6, 6.07) is 11.0. The minimum atomic E-state index is -0.158. The molecule has 0 bridgehead atoms. The Morgan fingerprint density at radius 2 is 1.23 bits per heavy atom. The molecule has 0 radical (unpaired) electrons. The van der Waals surface area contributed by atoms with Gasteiger partial charge in [0, 0.05) is 36.6 Å². The van der Waals surface area contributed by atoms with Crippen molar-refractivity contribution < 1.29 is 9.59 Å². The predicted octanol–water partition coefficient (Wildman–Crippen LogP) is 2.96. The van der Waals surface area contributed by atoms with Gasteiger partial charge in [0.15, 0.2) is 0 Å². The van der Waals surface area contributed by atoms with Gasteiger partial charge in [-0.2, -0.15) is 0 Å². The molecule has 2 N–H and O–H groups in total. The molecule has 178 valence electrons. The lowest BCUT2D eigenvalue weighted by Gasteiger charge is -2.00. The Hall–Kier alpha value is -3.64. The Kier molecular flexibility index (Phi) is 7.09. The van der Waals surface area contributed by atoms with Crippen molar-refractivity contribution in [3.8, 4) is 0 Å². The molecule has 2 unspecified atom stereocenters. The molecule has 4 aromatic rings. The standard InChI is InChI=1S/C23H22N8O2S2/c32-18(12-16-5-1-3-7-24-16)26-22-30-28-20(34-22)10-14-9-15(14)11-21-29-31-23(35-21)27-19(33)13-17-6-2-4-8-25-17/h1-8,14-15H,9-13H2,(H,26,30,32)(H,27,31,33). The van der Waals surface area contributed by atoms with Gasteiger partial charge in [-0.05, 0) is 42.5 Å². The van der Waals surface area contributed by atoms with E-state index in [2.05, 4.69) is 41.0 Å². The molecule has 0 saturated heterocycles. The number of aromatic nitrogens is 6. The maximum Gasteiger partial charge on any atom is 0.232 e. The van der Waals surface area contributed by atoms with Crippen LogP contribution in [0, 0.1) is 11.8 Å². The van der Waals surface area contributed by atoms with Crippen LogP contribution < -0.4 is 10.6 Å². The molecule has 4 heterocycles. The maximum atomic E-state index is 12.2. The highest BCUT2D eigenvalue weighted by molar-refractivity contribution is 7.15. The highest BCUT2D eigenvalue weighted by atomic mass is 32.1. The normalized spacial score (nSPS) is 16.6. The van der Waals surface area contributed by atoms with Crippen LogP contribution in [-0.2, 0) is 35.3 Å². The number of carbonyl (C=O) groups excluding carboxylic acids is 2. The molecule has 4 aromatic heterocycles. The third kappa shape index (κ3) is 6.70. The van der Waals surface area contributed by atoms with Crippen molar-refractivity contribution in [2.45, 2.75) is 32.1 Å². The molecular weight excluding hydrogens is 484 g/mol. The number of amides is 2. The molecule has 2 amide bonds. The fraction of sp³-hybridized carbons (Fsp3) is 0.304. The first-order chi connectivity index (χ1) is 17.1. The van der Waals surface area contributed by atoms with Crippen LogP contribution in [0.1, 0.15) is 27.8 Å². The van der Waals surface area contributed by atoms with Gasteiger partial charge >= 0.3 is 0 Å². The van der Waals surface area contributed by atoms with Crippen LogP contribution in [0.2, 0.25) is 0 Å². The number of nitrogens with one attached hydrogen (secondary N) is 2. The summed E-state index contributed by atoms with van der Waals surface area (Å²) in [5, 5.41) is 25.1. The molecule has 1 aliphatic carbocycles. The van der Waals surface area contributed by atoms with Crippen molar-refractivity contribution in [3.63, 3.8) is 0 Å². The van der Waals surface area contributed by atoms with E-state index < -0.39 is 0 Å². The summed E-state index contributed by atoms with van der Waals surface area (Å²) in [6.07, 6.45) is 6.47. The Labute approximate surface area is 209 Å². The van der Waals surface area contributed by atoms with Crippen LogP contribution in [0.15, 0.2) is 48.8 Å². The summed E-state index contributed by atoms with van der Waals surface area (Å²) in [4.78, 5) is 32.7. The lowest BCUT2D eigenvalue weighted by atomic mass is 10.2. The van der Waals surface area contributed by atoms with E-state index in [1.165, 1.54) is 22.7 Å². The van der Waals surface area contributed by atoms with Crippen molar-refractivity contribution in [1.29, 1.82) is 0 Å². The third-order valence-electron chi connectivity index (χ3n) is 5.50. The zero-order valence-electron chi connectivity index (χ0n) is 18.6. The number of hydrogen-bond acceptors (Lipinski definition) is 10. The number of carbonyl (C=O) groups is 2. The Morgan fingerprint density at radius 1 is 0.743 bits per heavy atom. The molecule has 0 aromatic carbocycles. The zero-order valence-corrected chi connectivity index (χ0v) is 20.3. The average Bonchev–Trinajstić information content (AvgIpc) is 3.18. The van der Waals surface area contributed by atoms with Gasteiger partial charge in [-0.3, -0.25) is 19.6 Å². The number of pyridine rings is 2. The molecule has 12 heteroatoms. The van der Waals surface area contributed by atoms with E-state index in [-0.39, 0.29) is 24.7 Å². The van der Waals surface area contributed by atoms with Crippen LogP contribution in [0.5, 0.6) is 0 Å². The van der Waals surface area contributed by atoms with Gasteiger partial charge in [-0.1, -0.05) is 34.8 Å². The van der Waals surface area contributed by atoms with Crippen molar-refractivity contribution in [2.75, 3.05) is 10.6 Å². The van der Waals surface area contributed by atoms with Crippen LogP contribution in [0.3, 0.4) is 0 Å². The number of anilines is 2. The lowest BCUT2D eigenvalue weighted by Crippen LogP contribution is -2.14. The van der Waals surface area contributed by atoms with Crippen LogP contribution >= 0.6 is 22.7 Å². The van der Waals surface area contributed by atoms with Gasteiger partial charge in [-0.15, -0.1) is 20.4 Å². The molecule has 1 fully saturated rings. The summed E-state index contributed by atoms with van der Waals surface area (Å²) in [5.41, 5.74) is 1.42. The van der Waals surface area contributed by atoms with Crippen LogP contribution in [0.4, 0.5) is 10.3 Å². The first-order valence-corrected chi connectivity index (χ1v) is 12.8. The molecular formula is C23H22N8O2S2. The number of nitrogens with zero attached hydrogens (tertiary/aromatic N) is 6. The van der Waals surface area contributed by atoms with Crippen molar-refractivity contribution in [3.05, 3.63) is 70.2 Å². The summed E-state index contributed by atoms with van der Waals surface area (Å²) >= 11 is 2.81. The molecule has 0 aliphatic heterocycles. The summed E-state index contributed by atoms with van der Waals surface area (Å²) in [5.74, 6) is 0.696. The predicted molar refractivity (Wildman–Crippen MR) is 132 cm³/mol. The molecule has 0 spiro atoms. The minimum absolute atomic E-state index is 0.158. The Balaban J connectivity index is 1.05. The second kappa shape index (κ2) is 10.7. The largest absolute Gasteiger partial charge is 0.300 e. The number of hydrogen-bond donors (Lipinski definition) is 2. The topological polar surface area (TPSA) is 136 Å². The first kappa shape index (κ1) is 23.1.